The first-order valence-electron chi connectivity index (χ1n) is 8.61. The summed E-state index contributed by atoms with van der Waals surface area (Å²) in [5.74, 6) is 0. The highest BCUT2D eigenvalue weighted by molar-refractivity contribution is 7.62. The normalized spacial score (nSPS) is 10.5. The van der Waals surface area contributed by atoms with Crippen molar-refractivity contribution in [1.82, 2.24) is 0 Å². The van der Waals surface area contributed by atoms with Crippen LogP contribution in [0.1, 0.15) is 0 Å². The lowest BCUT2D eigenvalue weighted by Crippen LogP contribution is -2.11. The van der Waals surface area contributed by atoms with E-state index in [2.05, 4.69) is 24.3 Å². The Morgan fingerprint density at radius 1 is 0.423 bits per heavy atom. The van der Waals surface area contributed by atoms with Crippen molar-refractivity contribution < 1.29 is 4.57 Å². The summed E-state index contributed by atoms with van der Waals surface area (Å²) >= 11 is 0. The molecule has 0 unspecified atom stereocenters. The number of hydrogen-bond donors (Lipinski definition) is 0. The second kappa shape index (κ2) is 7.47. The largest absolute Gasteiger partial charge is 0.277 e. The van der Waals surface area contributed by atoms with Gasteiger partial charge in [-0.15, -0.1) is 0 Å². The molecule has 0 spiro atoms. The first-order chi connectivity index (χ1) is 12.8. The minimum Gasteiger partial charge on any atom is -0.277 e. The lowest BCUT2D eigenvalue weighted by molar-refractivity contribution is 0.598. The van der Waals surface area contributed by atoms with Crippen LogP contribution in [0.2, 0.25) is 0 Å². The molecule has 0 bridgehead atoms. The van der Waals surface area contributed by atoms with Gasteiger partial charge in [-0.05, 0) is 34.4 Å². The van der Waals surface area contributed by atoms with Gasteiger partial charge in [0.2, 0.25) is 0 Å². The number of hydrogen-bond acceptors (Lipinski definition) is 1. The van der Waals surface area contributed by atoms with Gasteiger partial charge in [0, 0.05) is 10.6 Å². The van der Waals surface area contributed by atoms with E-state index in [-0.39, 0.29) is 0 Å². The monoisotopic (exact) mass is 353 g/mol. The molecular formula is C24H18OP. The summed E-state index contributed by atoms with van der Waals surface area (Å²) < 4.78 is 13.6. The minimum absolute atomic E-state index is 0.872. The molecule has 4 aromatic carbocycles. The van der Waals surface area contributed by atoms with Crippen molar-refractivity contribution in [3.8, 4) is 22.3 Å². The highest BCUT2D eigenvalue weighted by Crippen LogP contribution is 2.31. The van der Waals surface area contributed by atoms with E-state index >= 15 is 0 Å². The van der Waals surface area contributed by atoms with E-state index in [4.69, 9.17) is 0 Å². The molecule has 0 heterocycles. The van der Waals surface area contributed by atoms with Gasteiger partial charge in [0.05, 0.1) is 0 Å². The Kier molecular flexibility index (Phi) is 4.73. The predicted molar refractivity (Wildman–Crippen MR) is 111 cm³/mol. The molecule has 0 saturated heterocycles. The van der Waals surface area contributed by atoms with Gasteiger partial charge in [-0.2, -0.15) is 0 Å². The second-order valence-electron chi connectivity index (χ2n) is 6.06. The predicted octanol–water partition coefficient (Wildman–Crippen LogP) is 5.80. The molecule has 26 heavy (non-hydrogen) atoms. The fourth-order valence-electron chi connectivity index (χ4n) is 3.15. The van der Waals surface area contributed by atoms with Crippen molar-refractivity contribution in [2.45, 2.75) is 0 Å². The van der Waals surface area contributed by atoms with Crippen LogP contribution in [0.15, 0.2) is 109 Å². The van der Waals surface area contributed by atoms with Crippen LogP contribution in [0.25, 0.3) is 22.3 Å². The Hall–Kier alpha value is -3.02. The average molecular weight is 353 g/mol. The molecule has 0 N–H and O–H groups in total. The zero-order valence-electron chi connectivity index (χ0n) is 14.2. The lowest BCUT2D eigenvalue weighted by Gasteiger charge is -2.12. The molecule has 0 saturated carbocycles. The van der Waals surface area contributed by atoms with Gasteiger partial charge >= 0.3 is 0 Å². The van der Waals surface area contributed by atoms with Gasteiger partial charge < -0.3 is 0 Å². The minimum atomic E-state index is -1.71. The maximum atomic E-state index is 13.6. The number of benzene rings is 4. The van der Waals surface area contributed by atoms with Gasteiger partial charge in [0.15, 0.2) is 0 Å². The quantitative estimate of drug-likeness (QED) is 0.424. The zero-order chi connectivity index (χ0) is 17.8. The number of rotatable bonds is 4. The van der Waals surface area contributed by atoms with E-state index in [1.807, 2.05) is 84.9 Å². The molecule has 1 radical (unpaired) electrons. The molecule has 0 aliphatic heterocycles. The Labute approximate surface area is 154 Å². The molecule has 0 fully saturated rings. The van der Waals surface area contributed by atoms with Gasteiger partial charge in [-0.3, -0.25) is 4.57 Å². The van der Waals surface area contributed by atoms with Crippen LogP contribution in [0.4, 0.5) is 0 Å². The SMILES string of the molecule is O=[P](c1ccccc1-c1ccccc1)c1ccccc1-c1ccccc1. The summed E-state index contributed by atoms with van der Waals surface area (Å²) in [4.78, 5) is 0. The molecule has 0 aliphatic rings. The van der Waals surface area contributed by atoms with Crippen LogP contribution in [0, 0.1) is 0 Å². The van der Waals surface area contributed by atoms with Crippen LogP contribution in [0.5, 0.6) is 0 Å². The second-order valence-corrected chi connectivity index (χ2v) is 7.61. The summed E-state index contributed by atoms with van der Waals surface area (Å²) in [6.07, 6.45) is 0. The van der Waals surface area contributed by atoms with Crippen LogP contribution in [-0.4, -0.2) is 0 Å². The Bertz CT molecular complexity index is 955. The standard InChI is InChI=1S/C24H18OP/c25-26(23-17-9-7-15-21(23)19-11-3-1-4-12-19)24-18-10-8-16-22(24)20-13-5-2-6-14-20/h1-18H. The van der Waals surface area contributed by atoms with Crippen LogP contribution in [-0.2, 0) is 4.57 Å². The molecule has 0 atom stereocenters. The third-order valence-corrected chi connectivity index (χ3v) is 6.07. The van der Waals surface area contributed by atoms with Gasteiger partial charge in [-0.1, -0.05) is 97.1 Å². The molecule has 0 aliphatic carbocycles. The Morgan fingerprint density at radius 2 is 0.769 bits per heavy atom. The van der Waals surface area contributed by atoms with E-state index in [0.717, 1.165) is 32.9 Å². The maximum Gasteiger partial charge on any atom is 0.137 e. The summed E-state index contributed by atoms with van der Waals surface area (Å²) in [5.41, 5.74) is 4.22. The van der Waals surface area contributed by atoms with Gasteiger partial charge in [0.25, 0.3) is 0 Å². The summed E-state index contributed by atoms with van der Waals surface area (Å²) in [6, 6.07) is 36.2. The Balaban J connectivity index is 1.84. The van der Waals surface area contributed by atoms with Gasteiger partial charge in [-0.25, -0.2) is 0 Å². The molecular weight excluding hydrogens is 335 g/mol. The van der Waals surface area contributed by atoms with Crippen molar-refractivity contribution >= 4 is 18.4 Å². The molecule has 4 rings (SSSR count). The van der Waals surface area contributed by atoms with E-state index in [1.54, 1.807) is 0 Å². The lowest BCUT2D eigenvalue weighted by atomic mass is 10.1. The van der Waals surface area contributed by atoms with E-state index in [0.29, 0.717) is 0 Å². The van der Waals surface area contributed by atoms with Crippen molar-refractivity contribution in [2.75, 3.05) is 0 Å². The molecule has 1 nitrogen and oxygen atoms in total. The Morgan fingerprint density at radius 3 is 1.19 bits per heavy atom. The highest BCUT2D eigenvalue weighted by atomic mass is 31.1. The van der Waals surface area contributed by atoms with Crippen molar-refractivity contribution in [1.29, 1.82) is 0 Å². The zero-order valence-corrected chi connectivity index (χ0v) is 15.1. The molecule has 2 heteroatoms. The van der Waals surface area contributed by atoms with Crippen LogP contribution >= 0.6 is 7.80 Å². The summed E-state index contributed by atoms with van der Waals surface area (Å²) in [7, 11) is -1.71. The topological polar surface area (TPSA) is 17.1 Å². The van der Waals surface area contributed by atoms with Crippen molar-refractivity contribution in [2.24, 2.45) is 0 Å². The van der Waals surface area contributed by atoms with Gasteiger partial charge in [0.1, 0.15) is 7.80 Å². The fraction of sp³-hybridized carbons (Fsp3) is 0. The maximum absolute atomic E-state index is 13.6. The van der Waals surface area contributed by atoms with Crippen molar-refractivity contribution in [3.63, 3.8) is 0 Å². The molecule has 125 valence electrons. The van der Waals surface area contributed by atoms with Crippen molar-refractivity contribution in [3.05, 3.63) is 109 Å². The third-order valence-electron chi connectivity index (χ3n) is 4.42. The third kappa shape index (κ3) is 3.22. The van der Waals surface area contributed by atoms with Crippen LogP contribution in [0.3, 0.4) is 0 Å². The van der Waals surface area contributed by atoms with E-state index < -0.39 is 7.80 Å². The van der Waals surface area contributed by atoms with E-state index in [9.17, 15) is 4.57 Å². The average Bonchev–Trinajstić information content (AvgIpc) is 2.74. The summed E-state index contributed by atoms with van der Waals surface area (Å²) in [6.45, 7) is 0. The smallest absolute Gasteiger partial charge is 0.137 e. The molecule has 0 aromatic heterocycles. The first-order valence-corrected chi connectivity index (χ1v) is 9.87. The fourth-order valence-corrected chi connectivity index (χ4v) is 4.70. The first kappa shape index (κ1) is 16.4. The molecule has 0 amide bonds. The van der Waals surface area contributed by atoms with E-state index in [1.165, 1.54) is 0 Å². The highest BCUT2D eigenvalue weighted by Gasteiger charge is 2.17. The van der Waals surface area contributed by atoms with Crippen LogP contribution < -0.4 is 10.6 Å². The molecule has 4 aromatic rings. The summed E-state index contributed by atoms with van der Waals surface area (Å²) in [5, 5.41) is 1.74.